The summed E-state index contributed by atoms with van der Waals surface area (Å²) in [4.78, 5) is 4.74. The summed E-state index contributed by atoms with van der Waals surface area (Å²) in [7, 11) is -2.77. The van der Waals surface area contributed by atoms with Crippen LogP contribution in [0.5, 0.6) is 0 Å². The van der Waals surface area contributed by atoms with E-state index < -0.39 is 9.84 Å². The average Bonchev–Trinajstić information content (AvgIpc) is 2.74. The van der Waals surface area contributed by atoms with Crippen LogP contribution in [0.1, 0.15) is 56.1 Å². The second kappa shape index (κ2) is 4.37. The molecule has 1 aromatic heterocycles. The van der Waals surface area contributed by atoms with Gasteiger partial charge in [0.15, 0.2) is 0 Å². The number of aromatic nitrogens is 2. The Hall–Kier alpha value is -0.840. The average molecular weight is 268 g/mol. The van der Waals surface area contributed by atoms with Crippen LogP contribution in [-0.4, -0.2) is 29.5 Å². The maximum absolute atomic E-state index is 11.4. The van der Waals surface area contributed by atoms with Crippen LogP contribution in [0.4, 0.5) is 0 Å². The van der Waals surface area contributed by atoms with E-state index >= 15 is 0 Å². The van der Waals surface area contributed by atoms with Gasteiger partial charge in [0.2, 0.25) is 0 Å². The molecular weight excluding hydrogens is 248 g/mol. The number of imidazole rings is 1. The molecule has 1 fully saturated rings. The molecule has 2 aliphatic rings. The number of rotatable bonds is 1. The van der Waals surface area contributed by atoms with E-state index in [1.165, 1.54) is 18.7 Å². The number of sulfone groups is 1. The first-order valence-corrected chi connectivity index (χ1v) is 8.65. The van der Waals surface area contributed by atoms with Gasteiger partial charge in [0.1, 0.15) is 15.7 Å². The number of hydrogen-bond donors (Lipinski definition) is 0. The van der Waals surface area contributed by atoms with Crippen LogP contribution in [-0.2, 0) is 16.3 Å². The van der Waals surface area contributed by atoms with E-state index in [0.29, 0.717) is 23.5 Å². The molecule has 1 aromatic rings. The van der Waals surface area contributed by atoms with Crippen molar-refractivity contribution in [2.75, 3.05) is 11.5 Å². The molecule has 2 aliphatic heterocycles. The predicted molar refractivity (Wildman–Crippen MR) is 70.5 cm³/mol. The van der Waals surface area contributed by atoms with Gasteiger partial charge in [-0.15, -0.1) is 0 Å². The molecule has 1 unspecified atom stereocenters. The van der Waals surface area contributed by atoms with E-state index in [2.05, 4.69) is 17.7 Å². The van der Waals surface area contributed by atoms with Crippen molar-refractivity contribution in [2.45, 2.75) is 51.0 Å². The third kappa shape index (κ3) is 2.20. The van der Waals surface area contributed by atoms with Crippen LogP contribution in [0.2, 0.25) is 0 Å². The van der Waals surface area contributed by atoms with E-state index in [1.54, 1.807) is 0 Å². The normalized spacial score (nSPS) is 27.9. The molecule has 0 radical (unpaired) electrons. The first kappa shape index (κ1) is 12.2. The summed E-state index contributed by atoms with van der Waals surface area (Å²) < 4.78 is 25.2. The molecule has 0 aromatic carbocycles. The molecule has 3 heterocycles. The Bertz CT molecular complexity index is 533. The molecule has 0 amide bonds. The van der Waals surface area contributed by atoms with E-state index in [1.807, 2.05) is 0 Å². The molecule has 1 saturated heterocycles. The van der Waals surface area contributed by atoms with E-state index in [9.17, 15) is 8.42 Å². The highest BCUT2D eigenvalue weighted by atomic mass is 32.2. The summed E-state index contributed by atoms with van der Waals surface area (Å²) >= 11 is 0. The minimum absolute atomic E-state index is 0.329. The summed E-state index contributed by atoms with van der Waals surface area (Å²) in [5.41, 5.74) is 1.12. The summed E-state index contributed by atoms with van der Waals surface area (Å²) in [6.07, 6.45) is 7.16. The summed E-state index contributed by atoms with van der Waals surface area (Å²) in [6.45, 7) is 2.24. The highest BCUT2D eigenvalue weighted by Crippen LogP contribution is 2.31. The number of fused-ring (bicyclic) bond motifs is 1. The van der Waals surface area contributed by atoms with Crippen molar-refractivity contribution < 1.29 is 8.42 Å². The Morgan fingerprint density at radius 3 is 2.67 bits per heavy atom. The van der Waals surface area contributed by atoms with Gasteiger partial charge >= 0.3 is 0 Å². The van der Waals surface area contributed by atoms with Crippen molar-refractivity contribution in [2.24, 2.45) is 0 Å². The van der Waals surface area contributed by atoms with Crippen LogP contribution in [0.15, 0.2) is 6.20 Å². The van der Waals surface area contributed by atoms with Gasteiger partial charge in [-0.25, -0.2) is 13.4 Å². The highest BCUT2D eigenvalue weighted by molar-refractivity contribution is 7.91. The zero-order valence-corrected chi connectivity index (χ0v) is 11.6. The molecular formula is C13H20N2O2S. The van der Waals surface area contributed by atoms with E-state index in [-0.39, 0.29) is 0 Å². The van der Waals surface area contributed by atoms with Gasteiger partial charge in [-0.2, -0.15) is 0 Å². The lowest BCUT2D eigenvalue weighted by molar-refractivity contribution is 0.425. The van der Waals surface area contributed by atoms with Crippen LogP contribution >= 0.6 is 0 Å². The van der Waals surface area contributed by atoms with Gasteiger partial charge in [-0.1, -0.05) is 0 Å². The Labute approximate surface area is 108 Å². The molecule has 18 heavy (non-hydrogen) atoms. The van der Waals surface area contributed by atoms with E-state index in [0.717, 1.165) is 25.0 Å². The van der Waals surface area contributed by atoms with Crippen molar-refractivity contribution >= 4 is 9.84 Å². The minimum Gasteiger partial charge on any atom is -0.332 e. The second-order valence-corrected chi connectivity index (χ2v) is 7.96. The number of nitrogens with zero attached hydrogens (tertiary/aromatic N) is 2. The van der Waals surface area contributed by atoms with Crippen LogP contribution < -0.4 is 0 Å². The first-order chi connectivity index (χ1) is 8.55. The smallest absolute Gasteiger partial charge is 0.150 e. The fourth-order valence-corrected chi connectivity index (χ4v) is 4.59. The third-order valence-electron chi connectivity index (χ3n) is 4.30. The van der Waals surface area contributed by atoms with Crippen molar-refractivity contribution in [3.8, 4) is 0 Å². The molecule has 4 nitrogen and oxygen atoms in total. The topological polar surface area (TPSA) is 52.0 Å². The Morgan fingerprint density at radius 1 is 1.28 bits per heavy atom. The fourth-order valence-electron chi connectivity index (χ4n) is 3.10. The Morgan fingerprint density at radius 2 is 2.00 bits per heavy atom. The van der Waals surface area contributed by atoms with Crippen molar-refractivity contribution in [3.05, 3.63) is 17.7 Å². The standard InChI is InChI=1S/C13H20N2O2S/c1-10-3-2-4-13-14-12(9-15(10)13)11-5-7-18(16,17)8-6-11/h9-11H,2-8H2,1H3. The summed E-state index contributed by atoms with van der Waals surface area (Å²) in [5, 5.41) is 0. The maximum Gasteiger partial charge on any atom is 0.150 e. The Balaban J connectivity index is 1.82. The molecule has 100 valence electrons. The molecule has 1 atom stereocenters. The first-order valence-electron chi connectivity index (χ1n) is 6.83. The monoisotopic (exact) mass is 268 g/mol. The van der Waals surface area contributed by atoms with Gasteiger partial charge in [-0.3, -0.25) is 0 Å². The second-order valence-electron chi connectivity index (χ2n) is 5.66. The SMILES string of the molecule is CC1CCCc2nc(C3CCS(=O)(=O)CC3)cn21. The minimum atomic E-state index is -2.77. The van der Waals surface area contributed by atoms with Gasteiger partial charge in [-0.05, 0) is 32.6 Å². The molecule has 0 bridgehead atoms. The Kier molecular flexibility index (Phi) is 2.96. The van der Waals surface area contributed by atoms with Crippen molar-refractivity contribution in [1.29, 1.82) is 0 Å². The molecule has 3 rings (SSSR count). The number of hydrogen-bond acceptors (Lipinski definition) is 3. The quantitative estimate of drug-likeness (QED) is 0.783. The highest BCUT2D eigenvalue weighted by Gasteiger charge is 2.28. The lowest BCUT2D eigenvalue weighted by Gasteiger charge is -2.21. The van der Waals surface area contributed by atoms with Crippen molar-refractivity contribution in [3.63, 3.8) is 0 Å². The molecule has 0 N–H and O–H groups in total. The van der Waals surface area contributed by atoms with Crippen molar-refractivity contribution in [1.82, 2.24) is 9.55 Å². The van der Waals surface area contributed by atoms with Gasteiger partial charge in [0, 0.05) is 24.6 Å². The van der Waals surface area contributed by atoms with Gasteiger partial charge in [0.05, 0.1) is 17.2 Å². The fraction of sp³-hybridized carbons (Fsp3) is 0.769. The maximum atomic E-state index is 11.4. The third-order valence-corrected chi connectivity index (χ3v) is 6.01. The van der Waals surface area contributed by atoms with Crippen LogP contribution in [0, 0.1) is 0 Å². The van der Waals surface area contributed by atoms with Crippen LogP contribution in [0.3, 0.4) is 0 Å². The van der Waals surface area contributed by atoms with E-state index in [4.69, 9.17) is 4.98 Å². The summed E-state index contributed by atoms with van der Waals surface area (Å²) in [6, 6.07) is 0.544. The molecule has 0 aliphatic carbocycles. The summed E-state index contributed by atoms with van der Waals surface area (Å²) in [5.74, 6) is 2.20. The van der Waals surface area contributed by atoms with Gasteiger partial charge < -0.3 is 4.57 Å². The molecule has 0 spiro atoms. The van der Waals surface area contributed by atoms with Crippen LogP contribution in [0.25, 0.3) is 0 Å². The lowest BCUT2D eigenvalue weighted by Crippen LogP contribution is -2.22. The zero-order chi connectivity index (χ0) is 12.8. The lowest BCUT2D eigenvalue weighted by atomic mass is 10.00. The zero-order valence-electron chi connectivity index (χ0n) is 10.8. The number of aryl methyl sites for hydroxylation is 1. The molecule has 0 saturated carbocycles. The van der Waals surface area contributed by atoms with Gasteiger partial charge in [0.25, 0.3) is 0 Å². The molecule has 5 heteroatoms. The largest absolute Gasteiger partial charge is 0.332 e. The predicted octanol–water partition coefficient (Wildman–Crippen LogP) is 2.07.